The third-order valence-electron chi connectivity index (χ3n) is 3.93. The first-order valence-electron chi connectivity index (χ1n) is 9.36. The van der Waals surface area contributed by atoms with Gasteiger partial charge in [0.2, 0.25) is 5.88 Å². The first-order valence-corrected chi connectivity index (χ1v) is 9.36. The van der Waals surface area contributed by atoms with Gasteiger partial charge in [-0.05, 0) is 37.6 Å². The molecule has 7 nitrogen and oxygen atoms in total. The van der Waals surface area contributed by atoms with Gasteiger partial charge in [-0.1, -0.05) is 18.2 Å². The number of aryl methyl sites for hydroxylation is 1. The van der Waals surface area contributed by atoms with Crippen LogP contribution in [0, 0.1) is 6.92 Å². The van der Waals surface area contributed by atoms with Crippen molar-refractivity contribution in [3.05, 3.63) is 53.7 Å². The van der Waals surface area contributed by atoms with Crippen molar-refractivity contribution < 1.29 is 14.2 Å². The molecule has 0 saturated heterocycles. The van der Waals surface area contributed by atoms with Crippen LogP contribution >= 0.6 is 24.0 Å². The van der Waals surface area contributed by atoms with E-state index in [1.807, 2.05) is 50.2 Å². The number of hydrogen-bond donors (Lipinski definition) is 2. The van der Waals surface area contributed by atoms with Gasteiger partial charge in [0.25, 0.3) is 0 Å². The Morgan fingerprint density at radius 3 is 2.72 bits per heavy atom. The van der Waals surface area contributed by atoms with Crippen molar-refractivity contribution in [3.8, 4) is 11.6 Å². The molecule has 0 aliphatic carbocycles. The van der Waals surface area contributed by atoms with Gasteiger partial charge in [0, 0.05) is 32.5 Å². The van der Waals surface area contributed by atoms with Crippen LogP contribution in [0.1, 0.15) is 18.1 Å². The maximum absolute atomic E-state index is 5.94. The number of nitrogens with one attached hydrogen (secondary N) is 2. The fourth-order valence-corrected chi connectivity index (χ4v) is 2.51. The van der Waals surface area contributed by atoms with Gasteiger partial charge in [-0.2, -0.15) is 0 Å². The van der Waals surface area contributed by atoms with E-state index in [1.54, 1.807) is 20.4 Å². The van der Waals surface area contributed by atoms with Crippen LogP contribution in [-0.4, -0.2) is 51.0 Å². The number of pyridine rings is 1. The van der Waals surface area contributed by atoms with Crippen molar-refractivity contribution in [3.63, 3.8) is 0 Å². The molecule has 2 aromatic rings. The summed E-state index contributed by atoms with van der Waals surface area (Å²) in [4.78, 5) is 8.54. The van der Waals surface area contributed by atoms with Gasteiger partial charge < -0.3 is 24.8 Å². The van der Waals surface area contributed by atoms with Crippen molar-refractivity contribution in [2.75, 3.05) is 33.9 Å². The molecule has 0 radical (unpaired) electrons. The van der Waals surface area contributed by atoms with E-state index in [0.717, 1.165) is 11.3 Å². The summed E-state index contributed by atoms with van der Waals surface area (Å²) in [6, 6.07) is 11.9. The van der Waals surface area contributed by atoms with E-state index in [2.05, 4.69) is 20.6 Å². The van der Waals surface area contributed by atoms with Crippen molar-refractivity contribution in [2.24, 2.45) is 4.99 Å². The molecule has 0 bridgehead atoms. The van der Waals surface area contributed by atoms with E-state index in [1.165, 1.54) is 5.56 Å². The van der Waals surface area contributed by atoms with Crippen LogP contribution in [0.3, 0.4) is 0 Å². The molecular formula is C21H31IN4O3. The highest BCUT2D eigenvalue weighted by molar-refractivity contribution is 14.0. The minimum absolute atomic E-state index is 0. The van der Waals surface area contributed by atoms with E-state index in [-0.39, 0.29) is 30.1 Å². The number of methoxy groups -OCH3 is 1. The third kappa shape index (κ3) is 9.31. The Balaban J connectivity index is 0.00000420. The van der Waals surface area contributed by atoms with Gasteiger partial charge >= 0.3 is 0 Å². The number of nitrogens with zero attached hydrogens (tertiary/aromatic N) is 2. The molecule has 8 heteroatoms. The highest BCUT2D eigenvalue weighted by atomic mass is 127. The van der Waals surface area contributed by atoms with Gasteiger partial charge in [0.15, 0.2) is 5.96 Å². The van der Waals surface area contributed by atoms with E-state index in [9.17, 15) is 0 Å². The number of benzene rings is 1. The Kier molecular flexibility index (Phi) is 12.1. The van der Waals surface area contributed by atoms with Crippen LogP contribution in [0.4, 0.5) is 0 Å². The molecule has 2 rings (SSSR count). The lowest BCUT2D eigenvalue weighted by Crippen LogP contribution is -2.41. The Morgan fingerprint density at radius 1 is 1.17 bits per heavy atom. The lowest BCUT2D eigenvalue weighted by Gasteiger charge is -2.18. The van der Waals surface area contributed by atoms with E-state index < -0.39 is 0 Å². The van der Waals surface area contributed by atoms with Gasteiger partial charge in [-0.15, -0.1) is 24.0 Å². The van der Waals surface area contributed by atoms with E-state index >= 15 is 0 Å². The Hall–Kier alpha value is -2.07. The summed E-state index contributed by atoms with van der Waals surface area (Å²) < 4.78 is 16.6. The molecule has 0 aliphatic rings. The average Bonchev–Trinajstić information content (AvgIpc) is 2.69. The van der Waals surface area contributed by atoms with Crippen LogP contribution < -0.4 is 20.1 Å². The van der Waals surface area contributed by atoms with Crippen LogP contribution in [0.25, 0.3) is 0 Å². The second kappa shape index (κ2) is 14.0. The van der Waals surface area contributed by atoms with Crippen molar-refractivity contribution in [2.45, 2.75) is 26.5 Å². The quantitative estimate of drug-likeness (QED) is 0.220. The van der Waals surface area contributed by atoms with Crippen molar-refractivity contribution in [1.82, 2.24) is 15.6 Å². The SMILES string of the molecule is CN=C(NCc1cccnc1OCCOC)NCC(C)Oc1cccc(C)c1.I. The molecule has 0 fully saturated rings. The van der Waals surface area contributed by atoms with Gasteiger partial charge in [-0.3, -0.25) is 4.99 Å². The van der Waals surface area contributed by atoms with Crippen LogP contribution in [0.15, 0.2) is 47.6 Å². The summed E-state index contributed by atoms with van der Waals surface area (Å²) in [6.07, 6.45) is 1.70. The fourth-order valence-electron chi connectivity index (χ4n) is 2.51. The lowest BCUT2D eigenvalue weighted by molar-refractivity contribution is 0.143. The van der Waals surface area contributed by atoms with Crippen LogP contribution in [-0.2, 0) is 11.3 Å². The molecule has 1 atom stereocenters. The Bertz CT molecular complexity index is 758. The molecule has 0 aliphatic heterocycles. The normalized spacial score (nSPS) is 11.9. The maximum atomic E-state index is 5.94. The number of hydrogen-bond acceptors (Lipinski definition) is 5. The zero-order valence-electron chi connectivity index (χ0n) is 17.5. The molecule has 160 valence electrons. The number of rotatable bonds is 10. The van der Waals surface area contributed by atoms with E-state index in [4.69, 9.17) is 14.2 Å². The molecule has 1 heterocycles. The van der Waals surface area contributed by atoms with Crippen LogP contribution in [0.2, 0.25) is 0 Å². The summed E-state index contributed by atoms with van der Waals surface area (Å²) in [5.41, 5.74) is 2.13. The Labute approximate surface area is 190 Å². The minimum Gasteiger partial charge on any atom is -0.489 e. The topological polar surface area (TPSA) is 77.0 Å². The van der Waals surface area contributed by atoms with Crippen molar-refractivity contribution >= 4 is 29.9 Å². The highest BCUT2D eigenvalue weighted by Crippen LogP contribution is 2.15. The molecule has 1 unspecified atom stereocenters. The number of halogens is 1. The average molecular weight is 514 g/mol. The van der Waals surface area contributed by atoms with E-state index in [0.29, 0.717) is 38.1 Å². The zero-order chi connectivity index (χ0) is 20.2. The molecule has 1 aromatic heterocycles. The predicted octanol–water partition coefficient (Wildman–Crippen LogP) is 3.17. The summed E-state index contributed by atoms with van der Waals surface area (Å²) in [6.45, 7) is 6.21. The molecule has 0 amide bonds. The molecule has 0 saturated carbocycles. The van der Waals surface area contributed by atoms with Crippen LogP contribution in [0.5, 0.6) is 11.6 Å². The maximum Gasteiger partial charge on any atom is 0.218 e. The molecule has 29 heavy (non-hydrogen) atoms. The molecule has 0 spiro atoms. The first-order chi connectivity index (χ1) is 13.6. The van der Waals surface area contributed by atoms with Crippen molar-refractivity contribution in [1.29, 1.82) is 0 Å². The summed E-state index contributed by atoms with van der Waals surface area (Å²) in [7, 11) is 3.38. The summed E-state index contributed by atoms with van der Waals surface area (Å²) in [5, 5.41) is 6.56. The van der Waals surface area contributed by atoms with Gasteiger partial charge in [0.1, 0.15) is 18.5 Å². The largest absolute Gasteiger partial charge is 0.489 e. The molecule has 1 aromatic carbocycles. The zero-order valence-corrected chi connectivity index (χ0v) is 19.8. The number of aromatic nitrogens is 1. The second-order valence-electron chi connectivity index (χ2n) is 6.36. The monoisotopic (exact) mass is 514 g/mol. The standard InChI is InChI=1S/C21H30N4O3.HI/c1-16-7-5-9-19(13-16)28-17(2)14-24-21(22-3)25-15-18-8-6-10-23-20(18)27-12-11-26-4;/h5-10,13,17H,11-12,14-15H2,1-4H3,(H2,22,24,25);1H. The second-order valence-corrected chi connectivity index (χ2v) is 6.36. The summed E-state index contributed by atoms with van der Waals surface area (Å²) in [5.74, 6) is 2.15. The van der Waals surface area contributed by atoms with Gasteiger partial charge in [-0.25, -0.2) is 4.98 Å². The number of guanidine groups is 1. The third-order valence-corrected chi connectivity index (χ3v) is 3.93. The fraction of sp³-hybridized carbons (Fsp3) is 0.429. The highest BCUT2D eigenvalue weighted by Gasteiger charge is 2.08. The smallest absolute Gasteiger partial charge is 0.218 e. The molecular weight excluding hydrogens is 483 g/mol. The lowest BCUT2D eigenvalue weighted by atomic mass is 10.2. The Morgan fingerprint density at radius 2 is 2.00 bits per heavy atom. The number of ether oxygens (including phenoxy) is 3. The summed E-state index contributed by atoms with van der Waals surface area (Å²) >= 11 is 0. The van der Waals surface area contributed by atoms with Gasteiger partial charge in [0.05, 0.1) is 13.2 Å². The number of aliphatic imine (C=N–C) groups is 1. The predicted molar refractivity (Wildman–Crippen MR) is 126 cm³/mol. The minimum atomic E-state index is -0.00770. The molecule has 2 N–H and O–H groups in total. The first kappa shape index (κ1) is 25.0.